The molecule has 1 aliphatic carbocycles. The molecule has 2 aromatic heterocycles. The van der Waals surface area contributed by atoms with Crippen LogP contribution < -0.4 is 0 Å². The Hall–Kier alpha value is -3.01. The van der Waals surface area contributed by atoms with Crippen molar-refractivity contribution in [2.24, 2.45) is 0 Å². The summed E-state index contributed by atoms with van der Waals surface area (Å²) in [6.07, 6.45) is 9.12. The number of carbonyl (C=O) groups excluding carboxylic acids is 1. The topological polar surface area (TPSA) is 80.8 Å². The lowest BCUT2D eigenvalue weighted by atomic mass is 9.67. The van der Waals surface area contributed by atoms with Crippen LogP contribution in [0.4, 0.5) is 0 Å². The highest BCUT2D eigenvalue weighted by atomic mass is 35.5. The largest absolute Gasteiger partial charge is 0.375 e. The van der Waals surface area contributed by atoms with E-state index in [-0.39, 0.29) is 17.8 Å². The first kappa shape index (κ1) is 22.8. The van der Waals surface area contributed by atoms with Crippen molar-refractivity contribution in [1.29, 1.82) is 5.26 Å². The molecule has 3 aromatic rings. The van der Waals surface area contributed by atoms with Crippen molar-refractivity contribution in [3.63, 3.8) is 0 Å². The molecule has 0 bridgehead atoms. The van der Waals surface area contributed by atoms with Gasteiger partial charge in [-0.3, -0.25) is 9.78 Å². The number of halogens is 1. The lowest BCUT2D eigenvalue weighted by Gasteiger charge is -2.40. The zero-order chi connectivity index (χ0) is 23.8. The van der Waals surface area contributed by atoms with Gasteiger partial charge in [-0.05, 0) is 81.3 Å². The molecular weight excluding hydrogens is 448 g/mol. The molecule has 3 heterocycles. The van der Waals surface area contributed by atoms with Gasteiger partial charge >= 0.3 is 0 Å². The SMILES string of the molecule is Cc1c(C(=O)Cc2ccc(C3(C#N)CCC4(CCCO4)CC3)nc2)cnn1-c1ccc(Cl)cc1. The average Bonchev–Trinajstić information content (AvgIpc) is 3.48. The molecule has 1 spiro atoms. The van der Waals surface area contributed by atoms with Crippen LogP contribution in [0, 0.1) is 18.3 Å². The number of Topliss-reactive ketones (excluding diaryl/α,β-unsaturated/α-hetero) is 1. The maximum atomic E-state index is 13.0. The van der Waals surface area contributed by atoms with E-state index >= 15 is 0 Å². The van der Waals surface area contributed by atoms with E-state index in [9.17, 15) is 10.1 Å². The first-order chi connectivity index (χ1) is 16.4. The summed E-state index contributed by atoms with van der Waals surface area (Å²) in [5.74, 6) is -0.0137. The van der Waals surface area contributed by atoms with E-state index in [0.717, 1.165) is 67.8 Å². The summed E-state index contributed by atoms with van der Waals surface area (Å²) in [5.41, 5.74) is 3.24. The number of ether oxygens (including phenoxy) is 1. The van der Waals surface area contributed by atoms with Crippen LogP contribution in [0.1, 0.15) is 65.8 Å². The predicted octanol–water partition coefficient (Wildman–Crippen LogP) is 5.54. The highest BCUT2D eigenvalue weighted by Crippen LogP contribution is 2.47. The summed E-state index contributed by atoms with van der Waals surface area (Å²) in [7, 11) is 0. The molecule has 1 saturated carbocycles. The van der Waals surface area contributed by atoms with Gasteiger partial charge in [0.15, 0.2) is 5.78 Å². The number of hydrogen-bond acceptors (Lipinski definition) is 5. The van der Waals surface area contributed by atoms with Crippen molar-refractivity contribution in [3.05, 3.63) is 76.3 Å². The van der Waals surface area contributed by atoms with Gasteiger partial charge in [0.25, 0.3) is 0 Å². The van der Waals surface area contributed by atoms with Gasteiger partial charge in [0, 0.05) is 24.2 Å². The van der Waals surface area contributed by atoms with Gasteiger partial charge in [0.05, 0.1) is 45.9 Å². The van der Waals surface area contributed by atoms with Crippen molar-refractivity contribution in [1.82, 2.24) is 14.8 Å². The van der Waals surface area contributed by atoms with E-state index in [1.807, 2.05) is 31.2 Å². The number of aromatic nitrogens is 3. The summed E-state index contributed by atoms with van der Waals surface area (Å²) in [5, 5.41) is 15.1. The van der Waals surface area contributed by atoms with Gasteiger partial charge in [-0.25, -0.2) is 4.68 Å². The Morgan fingerprint density at radius 2 is 1.88 bits per heavy atom. The normalized spacial score (nSPS) is 24.3. The fraction of sp³-hybridized carbons (Fsp3) is 0.407. The monoisotopic (exact) mass is 474 g/mol. The molecule has 1 aromatic carbocycles. The minimum Gasteiger partial charge on any atom is -0.375 e. The number of ketones is 1. The fourth-order valence-electron chi connectivity index (χ4n) is 5.33. The van der Waals surface area contributed by atoms with Crippen molar-refractivity contribution < 1.29 is 9.53 Å². The zero-order valence-electron chi connectivity index (χ0n) is 19.3. The maximum Gasteiger partial charge on any atom is 0.170 e. The summed E-state index contributed by atoms with van der Waals surface area (Å²) in [6.45, 7) is 2.72. The van der Waals surface area contributed by atoms with Crippen LogP contribution in [0.15, 0.2) is 48.8 Å². The molecule has 1 saturated heterocycles. The van der Waals surface area contributed by atoms with Crippen LogP contribution in [-0.2, 0) is 16.6 Å². The molecule has 174 valence electrons. The highest BCUT2D eigenvalue weighted by molar-refractivity contribution is 6.30. The van der Waals surface area contributed by atoms with Gasteiger partial charge in [-0.15, -0.1) is 0 Å². The first-order valence-electron chi connectivity index (χ1n) is 11.8. The third-order valence-electron chi connectivity index (χ3n) is 7.47. The molecule has 2 fully saturated rings. The Labute approximate surface area is 204 Å². The fourth-order valence-corrected chi connectivity index (χ4v) is 5.45. The average molecular weight is 475 g/mol. The summed E-state index contributed by atoms with van der Waals surface area (Å²) >= 11 is 5.98. The molecule has 0 radical (unpaired) electrons. The second-order valence-corrected chi connectivity index (χ2v) is 9.95. The van der Waals surface area contributed by atoms with E-state index in [1.54, 1.807) is 29.2 Å². The van der Waals surface area contributed by atoms with Crippen molar-refractivity contribution in [3.8, 4) is 11.8 Å². The minimum absolute atomic E-state index is 0.0137. The lowest BCUT2D eigenvalue weighted by Crippen LogP contribution is -2.40. The molecule has 0 N–H and O–H groups in total. The number of carbonyl (C=O) groups is 1. The zero-order valence-corrected chi connectivity index (χ0v) is 20.0. The third-order valence-corrected chi connectivity index (χ3v) is 7.73. The van der Waals surface area contributed by atoms with Crippen LogP contribution in [0.3, 0.4) is 0 Å². The summed E-state index contributed by atoms with van der Waals surface area (Å²) in [4.78, 5) is 17.7. The van der Waals surface area contributed by atoms with Crippen molar-refractivity contribution in [2.45, 2.75) is 62.9 Å². The third kappa shape index (κ3) is 4.15. The number of rotatable bonds is 5. The minimum atomic E-state index is -0.573. The van der Waals surface area contributed by atoms with Gasteiger partial charge < -0.3 is 4.74 Å². The van der Waals surface area contributed by atoms with Gasteiger partial charge in [0.2, 0.25) is 0 Å². The standard InChI is InChI=1S/C27H27ClN4O2/c1-19-23(17-31-32(19)22-6-4-21(28)5-7-22)24(33)15-20-3-8-25(30-16-20)26(18-29)10-12-27(13-11-26)9-2-14-34-27/h3-8,16-17H,2,9-15H2,1H3. The molecule has 0 amide bonds. The molecule has 0 atom stereocenters. The van der Waals surface area contributed by atoms with E-state index in [2.05, 4.69) is 16.2 Å². The smallest absolute Gasteiger partial charge is 0.170 e. The number of nitriles is 1. The van der Waals surface area contributed by atoms with Crippen LogP contribution >= 0.6 is 11.6 Å². The molecule has 7 heteroatoms. The highest BCUT2D eigenvalue weighted by Gasteiger charge is 2.46. The van der Waals surface area contributed by atoms with Gasteiger partial charge in [0.1, 0.15) is 0 Å². The Morgan fingerprint density at radius 3 is 2.50 bits per heavy atom. The Morgan fingerprint density at radius 1 is 1.12 bits per heavy atom. The molecule has 0 unspecified atom stereocenters. The Balaban J connectivity index is 1.29. The molecule has 34 heavy (non-hydrogen) atoms. The number of benzene rings is 1. The summed E-state index contributed by atoms with van der Waals surface area (Å²) < 4.78 is 7.77. The van der Waals surface area contributed by atoms with Crippen molar-refractivity contribution in [2.75, 3.05) is 6.61 Å². The molecule has 5 rings (SSSR count). The predicted molar refractivity (Wildman–Crippen MR) is 129 cm³/mol. The number of pyridine rings is 1. The maximum absolute atomic E-state index is 13.0. The summed E-state index contributed by atoms with van der Waals surface area (Å²) in [6, 6.07) is 13.7. The van der Waals surface area contributed by atoms with Gasteiger partial charge in [-0.2, -0.15) is 10.4 Å². The second-order valence-electron chi connectivity index (χ2n) is 9.51. The molecule has 1 aliphatic heterocycles. The van der Waals surface area contributed by atoms with E-state index < -0.39 is 5.41 Å². The Kier molecular flexibility index (Phi) is 6.01. The Bertz CT molecular complexity index is 1230. The van der Waals surface area contributed by atoms with Crippen LogP contribution in [0.25, 0.3) is 5.69 Å². The number of nitrogens with zero attached hydrogens (tertiary/aromatic N) is 4. The van der Waals surface area contributed by atoms with E-state index in [4.69, 9.17) is 16.3 Å². The molecule has 6 nitrogen and oxygen atoms in total. The molecular formula is C27H27ClN4O2. The van der Waals surface area contributed by atoms with Crippen LogP contribution in [-0.4, -0.2) is 32.8 Å². The van der Waals surface area contributed by atoms with Crippen LogP contribution in [0.5, 0.6) is 0 Å². The van der Waals surface area contributed by atoms with Crippen molar-refractivity contribution >= 4 is 17.4 Å². The van der Waals surface area contributed by atoms with Crippen LogP contribution in [0.2, 0.25) is 5.02 Å². The quantitative estimate of drug-likeness (QED) is 0.453. The van der Waals surface area contributed by atoms with Gasteiger partial charge in [-0.1, -0.05) is 17.7 Å². The number of hydrogen-bond donors (Lipinski definition) is 0. The second kappa shape index (κ2) is 8.98. The van der Waals surface area contributed by atoms with E-state index in [1.165, 1.54) is 0 Å². The molecule has 2 aliphatic rings. The first-order valence-corrected chi connectivity index (χ1v) is 12.2. The van der Waals surface area contributed by atoms with E-state index in [0.29, 0.717) is 10.6 Å². The lowest BCUT2D eigenvalue weighted by molar-refractivity contribution is -0.0347.